The van der Waals surface area contributed by atoms with Crippen LogP contribution in [0.4, 0.5) is 0 Å². The van der Waals surface area contributed by atoms with E-state index in [4.69, 9.17) is 4.74 Å². The molecule has 0 radical (unpaired) electrons. The Labute approximate surface area is 188 Å². The highest BCUT2D eigenvalue weighted by Gasteiger charge is 2.35. The summed E-state index contributed by atoms with van der Waals surface area (Å²) in [6.45, 7) is 3.83. The number of aromatic hydroxyl groups is 2. The third-order valence-electron chi connectivity index (χ3n) is 5.84. The third kappa shape index (κ3) is 5.55. The Bertz CT molecular complexity index is 994. The zero-order chi connectivity index (χ0) is 23.3. The maximum atomic E-state index is 13.2. The number of hydrogen-bond acceptors (Lipinski definition) is 6. The fraction of sp³-hybridized carbons (Fsp3) is 0.423. The maximum absolute atomic E-state index is 13.2. The van der Waals surface area contributed by atoms with Crippen LogP contribution >= 0.6 is 0 Å². The number of Topliss-reactive ketones (excluding diaryl/α,β-unsaturated/α-hetero) is 1. The lowest BCUT2D eigenvalue weighted by molar-refractivity contribution is -0.148. The molecule has 6 nitrogen and oxygen atoms in total. The first-order valence-corrected chi connectivity index (χ1v) is 11.1. The predicted molar refractivity (Wildman–Crippen MR) is 121 cm³/mol. The van der Waals surface area contributed by atoms with Crippen molar-refractivity contribution < 1.29 is 29.3 Å². The van der Waals surface area contributed by atoms with Crippen molar-refractivity contribution in [3.63, 3.8) is 0 Å². The summed E-state index contributed by atoms with van der Waals surface area (Å²) in [7, 11) is 0. The van der Waals surface area contributed by atoms with E-state index in [0.717, 1.165) is 37.7 Å². The van der Waals surface area contributed by atoms with Gasteiger partial charge in [-0.15, -0.1) is 0 Å². The van der Waals surface area contributed by atoms with E-state index >= 15 is 0 Å². The highest BCUT2D eigenvalue weighted by molar-refractivity contribution is 6.26. The van der Waals surface area contributed by atoms with Crippen LogP contribution in [0.2, 0.25) is 0 Å². The Balaban J connectivity index is 1.85. The first-order valence-electron chi connectivity index (χ1n) is 11.1. The van der Waals surface area contributed by atoms with Gasteiger partial charge in [-0.25, -0.2) is 0 Å². The summed E-state index contributed by atoms with van der Waals surface area (Å²) in [4.78, 5) is 38.7. The minimum Gasteiger partial charge on any atom is -0.507 e. The number of phenolic OH excluding ortho intramolecular Hbond substituents is 2. The number of ketones is 2. The molecule has 1 unspecified atom stereocenters. The van der Waals surface area contributed by atoms with Crippen molar-refractivity contribution in [2.24, 2.45) is 5.92 Å². The molecule has 0 amide bonds. The molecule has 0 fully saturated rings. The fourth-order valence-corrected chi connectivity index (χ4v) is 4.13. The molecule has 0 saturated carbocycles. The molecule has 0 heterocycles. The smallest absolute Gasteiger partial charge is 0.307 e. The van der Waals surface area contributed by atoms with Crippen LogP contribution in [0.1, 0.15) is 79.5 Å². The van der Waals surface area contributed by atoms with E-state index in [2.05, 4.69) is 0 Å². The summed E-state index contributed by atoms with van der Waals surface area (Å²) in [5.41, 5.74) is 0.737. The van der Waals surface area contributed by atoms with Gasteiger partial charge >= 0.3 is 5.97 Å². The van der Waals surface area contributed by atoms with Crippen molar-refractivity contribution >= 4 is 17.5 Å². The molecule has 2 aliphatic carbocycles. The molecule has 0 aromatic heterocycles. The minimum atomic E-state index is -0.582. The minimum absolute atomic E-state index is 0.0616. The summed E-state index contributed by atoms with van der Waals surface area (Å²) < 4.78 is 5.67. The number of carbonyl (C=O) groups is 3. The number of hydrogen-bond donors (Lipinski definition) is 2. The quantitative estimate of drug-likeness (QED) is 0.360. The second kappa shape index (κ2) is 10.4. The number of ether oxygens (including phenoxy) is 1. The Kier molecular flexibility index (Phi) is 7.67. The van der Waals surface area contributed by atoms with Gasteiger partial charge in [0.05, 0.1) is 17.5 Å². The molecule has 32 heavy (non-hydrogen) atoms. The van der Waals surface area contributed by atoms with E-state index < -0.39 is 23.5 Å². The van der Waals surface area contributed by atoms with Gasteiger partial charge in [0.25, 0.3) is 0 Å². The van der Waals surface area contributed by atoms with Crippen molar-refractivity contribution in [2.45, 2.75) is 64.9 Å². The standard InChI is InChI=1S/C26H30O6/c1-16(2)10-11-17(14-23(30)32-18-8-6-4-3-5-7-9-18)19-15-22(29)24-20(27)12-13-21(28)25(24)26(19)31/h6,8,10,12-13,15,17-18,27-28H,3-5,7,9,11,14H2,1-2H3/b8-6+/t17-,18?/m0/s1. The van der Waals surface area contributed by atoms with Gasteiger partial charge in [0.1, 0.15) is 17.6 Å². The van der Waals surface area contributed by atoms with Crippen LogP contribution in [0.15, 0.2) is 47.6 Å². The number of carbonyl (C=O) groups excluding carboxylic acids is 3. The van der Waals surface area contributed by atoms with Crippen molar-refractivity contribution in [1.29, 1.82) is 0 Å². The van der Waals surface area contributed by atoms with E-state index in [-0.39, 0.29) is 40.7 Å². The molecule has 6 heteroatoms. The van der Waals surface area contributed by atoms with Gasteiger partial charge < -0.3 is 14.9 Å². The third-order valence-corrected chi connectivity index (χ3v) is 5.84. The van der Waals surface area contributed by atoms with Crippen LogP contribution < -0.4 is 0 Å². The average Bonchev–Trinajstić information content (AvgIpc) is 2.71. The van der Waals surface area contributed by atoms with Crippen molar-refractivity contribution in [3.8, 4) is 11.5 Å². The van der Waals surface area contributed by atoms with E-state index in [1.165, 1.54) is 18.2 Å². The zero-order valence-electron chi connectivity index (χ0n) is 18.6. The van der Waals surface area contributed by atoms with Gasteiger partial charge in [0.2, 0.25) is 0 Å². The fourth-order valence-electron chi connectivity index (χ4n) is 4.13. The molecule has 0 aliphatic heterocycles. The number of fused-ring (bicyclic) bond motifs is 1. The monoisotopic (exact) mass is 438 g/mol. The molecule has 3 rings (SSSR count). The van der Waals surface area contributed by atoms with Crippen LogP contribution in [0, 0.1) is 5.92 Å². The molecule has 0 saturated heterocycles. The van der Waals surface area contributed by atoms with E-state index in [1.807, 2.05) is 32.1 Å². The molecule has 1 aromatic carbocycles. The predicted octanol–water partition coefficient (Wildman–Crippen LogP) is 5.20. The molecule has 170 valence electrons. The lowest BCUT2D eigenvalue weighted by Gasteiger charge is -2.24. The van der Waals surface area contributed by atoms with Gasteiger partial charge in [0, 0.05) is 11.5 Å². The van der Waals surface area contributed by atoms with Gasteiger partial charge in [-0.2, -0.15) is 0 Å². The molecule has 0 bridgehead atoms. The topological polar surface area (TPSA) is 101 Å². The molecule has 2 aliphatic rings. The van der Waals surface area contributed by atoms with Crippen molar-refractivity contribution in [2.75, 3.05) is 0 Å². The summed E-state index contributed by atoms with van der Waals surface area (Å²) >= 11 is 0. The van der Waals surface area contributed by atoms with Gasteiger partial charge in [-0.1, -0.05) is 24.1 Å². The van der Waals surface area contributed by atoms with Crippen molar-refractivity contribution in [1.82, 2.24) is 0 Å². The Morgan fingerprint density at radius 2 is 1.84 bits per heavy atom. The number of benzene rings is 1. The molecular formula is C26H30O6. The second-order valence-corrected chi connectivity index (χ2v) is 8.66. The van der Waals surface area contributed by atoms with E-state index in [9.17, 15) is 24.6 Å². The number of esters is 1. The highest BCUT2D eigenvalue weighted by Crippen LogP contribution is 2.38. The first kappa shape index (κ1) is 23.5. The van der Waals surface area contributed by atoms with Crippen LogP contribution in [0.5, 0.6) is 11.5 Å². The van der Waals surface area contributed by atoms with Crippen LogP contribution in [-0.2, 0) is 9.53 Å². The van der Waals surface area contributed by atoms with E-state index in [0.29, 0.717) is 6.42 Å². The number of allylic oxidation sites excluding steroid dienone is 5. The van der Waals surface area contributed by atoms with Crippen molar-refractivity contribution in [3.05, 3.63) is 58.7 Å². The number of phenols is 2. The molecule has 2 N–H and O–H groups in total. The Morgan fingerprint density at radius 3 is 2.56 bits per heavy atom. The summed E-state index contributed by atoms with van der Waals surface area (Å²) in [5, 5.41) is 20.2. The molecule has 0 spiro atoms. The highest BCUT2D eigenvalue weighted by atomic mass is 16.5. The zero-order valence-corrected chi connectivity index (χ0v) is 18.6. The molecule has 1 aromatic rings. The second-order valence-electron chi connectivity index (χ2n) is 8.66. The van der Waals surface area contributed by atoms with E-state index in [1.54, 1.807) is 0 Å². The van der Waals surface area contributed by atoms with Gasteiger partial charge in [0.15, 0.2) is 11.6 Å². The van der Waals surface area contributed by atoms with Gasteiger partial charge in [-0.05, 0) is 70.2 Å². The van der Waals surface area contributed by atoms with Crippen LogP contribution in [-0.4, -0.2) is 33.9 Å². The summed E-state index contributed by atoms with van der Waals surface area (Å²) in [6.07, 6.45) is 12.0. The largest absolute Gasteiger partial charge is 0.507 e. The summed E-state index contributed by atoms with van der Waals surface area (Å²) in [6, 6.07) is 2.36. The lowest BCUT2D eigenvalue weighted by atomic mass is 9.80. The molecule has 2 atom stereocenters. The summed E-state index contributed by atoms with van der Waals surface area (Å²) in [5.74, 6) is -2.87. The van der Waals surface area contributed by atoms with Gasteiger partial charge in [-0.3, -0.25) is 14.4 Å². The molecular weight excluding hydrogens is 408 g/mol. The van der Waals surface area contributed by atoms with Crippen LogP contribution in [0.25, 0.3) is 0 Å². The Morgan fingerprint density at radius 1 is 1.12 bits per heavy atom. The first-order chi connectivity index (χ1) is 15.3. The lowest BCUT2D eigenvalue weighted by Crippen LogP contribution is -2.25. The maximum Gasteiger partial charge on any atom is 0.307 e. The van der Waals surface area contributed by atoms with Crippen LogP contribution in [0.3, 0.4) is 0 Å². The normalized spacial score (nSPS) is 20.3. The number of rotatable bonds is 6. The average molecular weight is 439 g/mol. The SMILES string of the molecule is CC(C)=CC[C@@H](CC(=O)OC1/C=C/CCCCC1)C1=CC(=O)c2c(O)ccc(O)c2C1=O. The Hall–Kier alpha value is -3.15.